The molecule has 14 heavy (non-hydrogen) atoms. The Bertz CT molecular complexity index is 356. The van der Waals surface area contributed by atoms with Crippen LogP contribution in [-0.2, 0) is 14.3 Å². The maximum absolute atomic E-state index is 11.4. The first-order valence-electron chi connectivity index (χ1n) is 3.74. The summed E-state index contributed by atoms with van der Waals surface area (Å²) in [6.07, 6.45) is 2.45. The fraction of sp³-hybridized carbons (Fsp3) is 0.250. The van der Waals surface area contributed by atoms with Crippen molar-refractivity contribution in [3.8, 4) is 0 Å². The molecule has 74 valence electrons. The number of nitrogens with one attached hydrogen (secondary N) is 1. The van der Waals surface area contributed by atoms with Gasteiger partial charge in [0.05, 0.1) is 7.11 Å². The lowest BCUT2D eigenvalue weighted by Gasteiger charge is -2.14. The van der Waals surface area contributed by atoms with E-state index >= 15 is 0 Å². The monoisotopic (exact) mass is 196 g/mol. The largest absolute Gasteiger partial charge is 0.508 e. The molecule has 6 nitrogen and oxygen atoms in total. The zero-order chi connectivity index (χ0) is 10.7. The van der Waals surface area contributed by atoms with Gasteiger partial charge in [0.25, 0.3) is 6.04 Å². The molecule has 1 rings (SSSR count). The Labute approximate surface area is 79.4 Å². The lowest BCUT2D eigenvalue weighted by Crippen LogP contribution is -2.76. The van der Waals surface area contributed by atoms with Gasteiger partial charge in [-0.1, -0.05) is 0 Å². The third-order valence-corrected chi connectivity index (χ3v) is 1.82. The molecule has 0 saturated heterocycles. The van der Waals surface area contributed by atoms with E-state index in [9.17, 15) is 9.59 Å². The second-order valence-electron chi connectivity index (χ2n) is 2.59. The molecule has 0 aliphatic heterocycles. The van der Waals surface area contributed by atoms with Crippen LogP contribution >= 0.6 is 0 Å². The summed E-state index contributed by atoms with van der Waals surface area (Å²) in [6.45, 7) is 0. The van der Waals surface area contributed by atoms with Crippen molar-refractivity contribution in [1.82, 2.24) is 0 Å². The molecule has 2 N–H and O–H groups in total. The van der Waals surface area contributed by atoms with Crippen LogP contribution in [0.15, 0.2) is 23.5 Å². The number of hydrogen-bond acceptors (Lipinski definition) is 3. The van der Waals surface area contributed by atoms with Crippen LogP contribution in [0.5, 0.6) is 0 Å². The number of carboxylic acids is 1. The molecule has 0 saturated carbocycles. The fourth-order valence-corrected chi connectivity index (χ4v) is 1.11. The van der Waals surface area contributed by atoms with Crippen molar-refractivity contribution in [2.75, 3.05) is 7.11 Å². The van der Waals surface area contributed by atoms with E-state index in [-0.39, 0.29) is 5.76 Å². The molecule has 0 radical (unpaired) electrons. The molecule has 0 aromatic carbocycles. The summed E-state index contributed by atoms with van der Waals surface area (Å²) >= 11 is 0. The summed E-state index contributed by atoms with van der Waals surface area (Å²) in [6, 6.07) is -1.14. The van der Waals surface area contributed by atoms with E-state index in [0.29, 0.717) is 0 Å². The number of nitrogens with zero attached hydrogens (tertiary/aromatic N) is 1. The van der Waals surface area contributed by atoms with E-state index in [0.717, 1.165) is 6.08 Å². The highest BCUT2D eigenvalue weighted by molar-refractivity contribution is 6.19. The second kappa shape index (κ2) is 3.82. The molecule has 6 heteroatoms. The van der Waals surface area contributed by atoms with Crippen molar-refractivity contribution in [3.63, 3.8) is 0 Å². The van der Waals surface area contributed by atoms with Crippen molar-refractivity contribution >= 4 is 11.8 Å². The number of aliphatic carboxylic acids is 1. The summed E-state index contributed by atoms with van der Waals surface area (Å²) in [5.74, 6) is -1.90. The number of methoxy groups -OCH3 is 1. The summed E-state index contributed by atoms with van der Waals surface area (Å²) in [5.41, 5.74) is 8.26. The maximum atomic E-state index is 11.4. The highest BCUT2D eigenvalue weighted by atomic mass is 16.5. The maximum Gasteiger partial charge on any atom is 0.339 e. The van der Waals surface area contributed by atoms with Crippen LogP contribution in [0.4, 0.5) is 0 Å². The van der Waals surface area contributed by atoms with Crippen LogP contribution < -0.4 is 5.11 Å². The lowest BCUT2D eigenvalue weighted by atomic mass is 9.98. The molecule has 1 unspecified atom stereocenters. The number of Topliss-reactive ketones (excluding diaryl/α,β-unsaturated/α-hetero) is 1. The van der Waals surface area contributed by atoms with Gasteiger partial charge < -0.3 is 20.5 Å². The Morgan fingerprint density at radius 1 is 1.64 bits per heavy atom. The van der Waals surface area contributed by atoms with Crippen molar-refractivity contribution in [2.45, 2.75) is 6.04 Å². The lowest BCUT2D eigenvalue weighted by molar-refractivity contribution is -0.503. The first-order chi connectivity index (χ1) is 6.61. The normalized spacial score (nSPS) is 20.9. The number of allylic oxidation sites excluding steroid dienone is 2. The topological polar surface area (TPSA) is 99.9 Å². The Hall–Kier alpha value is -1.98. The molecule has 0 aromatic heterocycles. The quantitative estimate of drug-likeness (QED) is 0.427. The number of ketones is 1. The van der Waals surface area contributed by atoms with Crippen LogP contribution in [0, 0.1) is 0 Å². The van der Waals surface area contributed by atoms with Gasteiger partial charge >= 0.3 is 5.97 Å². The third-order valence-electron chi connectivity index (χ3n) is 1.82. The van der Waals surface area contributed by atoms with Crippen LogP contribution in [0.3, 0.4) is 0 Å². The van der Waals surface area contributed by atoms with E-state index < -0.39 is 23.4 Å². The van der Waals surface area contributed by atoms with Crippen molar-refractivity contribution in [2.24, 2.45) is 0 Å². The van der Waals surface area contributed by atoms with E-state index in [1.807, 2.05) is 0 Å². The molecule has 1 aliphatic carbocycles. The standard InChI is InChI=1S/C8H8N2O4/c1-14-5-3-2-4(8(12)13)7(11)6(5)10-9/h2-3,6,10H,1H3,(H,12,13). The van der Waals surface area contributed by atoms with Gasteiger partial charge in [0.1, 0.15) is 5.57 Å². The second-order valence-corrected chi connectivity index (χ2v) is 2.59. The van der Waals surface area contributed by atoms with Gasteiger partial charge in [-0.25, -0.2) is 4.79 Å². The summed E-state index contributed by atoms with van der Waals surface area (Å²) in [5, 5.41) is 10.3. The van der Waals surface area contributed by atoms with Crippen molar-refractivity contribution in [1.29, 1.82) is 0 Å². The number of hydrogen-bond donors (Lipinski definition) is 2. The Morgan fingerprint density at radius 2 is 2.29 bits per heavy atom. The predicted molar refractivity (Wildman–Crippen MR) is 43.9 cm³/mol. The van der Waals surface area contributed by atoms with Gasteiger partial charge in [-0.2, -0.15) is 0 Å². The van der Waals surface area contributed by atoms with E-state index in [1.54, 1.807) is 5.11 Å². The van der Waals surface area contributed by atoms with E-state index in [4.69, 9.17) is 15.4 Å². The first-order valence-corrected chi connectivity index (χ1v) is 3.74. The van der Waals surface area contributed by atoms with Crippen LogP contribution in [0.1, 0.15) is 0 Å². The highest BCUT2D eigenvalue weighted by Gasteiger charge is 2.34. The molecule has 0 spiro atoms. The van der Waals surface area contributed by atoms with E-state index in [2.05, 4.69) is 0 Å². The van der Waals surface area contributed by atoms with Crippen molar-refractivity contribution in [3.05, 3.63) is 29.0 Å². The number of carboxylic acid groups (broad SMARTS) is 1. The Morgan fingerprint density at radius 3 is 2.71 bits per heavy atom. The first kappa shape index (κ1) is 10.1. The molecule has 0 fully saturated rings. The van der Waals surface area contributed by atoms with Crippen molar-refractivity contribution < 1.29 is 24.5 Å². The molecule has 0 bridgehead atoms. The zero-order valence-corrected chi connectivity index (χ0v) is 7.35. The molecular weight excluding hydrogens is 188 g/mol. The molecule has 1 atom stereocenters. The third kappa shape index (κ3) is 1.54. The van der Waals surface area contributed by atoms with Crippen LogP contribution in [-0.4, -0.2) is 30.0 Å². The highest BCUT2D eigenvalue weighted by Crippen LogP contribution is 2.13. The molecular formula is C8H8N2O4. The number of carbonyl (C=O) groups is 2. The molecule has 0 heterocycles. The molecule has 0 aromatic rings. The average molecular weight is 196 g/mol. The number of ether oxygens (including phenoxy) is 1. The van der Waals surface area contributed by atoms with Gasteiger partial charge in [0, 0.05) is 0 Å². The number of carbonyl (C=O) groups excluding carboxylic acids is 1. The Balaban J connectivity index is 3.11. The average Bonchev–Trinajstić information content (AvgIpc) is 2.16. The fourth-order valence-electron chi connectivity index (χ4n) is 1.11. The van der Waals surface area contributed by atoms with Gasteiger partial charge in [0.2, 0.25) is 5.78 Å². The summed E-state index contributed by atoms with van der Waals surface area (Å²) in [7, 11) is 1.32. The Kier molecular flexibility index (Phi) is 2.76. The smallest absolute Gasteiger partial charge is 0.339 e. The van der Waals surface area contributed by atoms with Gasteiger partial charge in [-0.05, 0) is 12.2 Å². The summed E-state index contributed by atoms with van der Waals surface area (Å²) < 4.78 is 4.77. The van der Waals surface area contributed by atoms with E-state index in [1.165, 1.54) is 13.2 Å². The summed E-state index contributed by atoms with van der Waals surface area (Å²) in [4.78, 5) is 21.9. The molecule has 1 aliphatic rings. The van der Waals surface area contributed by atoms with Crippen LogP contribution in [0.25, 0.3) is 5.53 Å². The minimum Gasteiger partial charge on any atom is -0.508 e. The van der Waals surface area contributed by atoms with Gasteiger partial charge in [0.15, 0.2) is 5.76 Å². The minimum atomic E-state index is -1.33. The molecule has 0 amide bonds. The van der Waals surface area contributed by atoms with Gasteiger partial charge in [-0.15, -0.1) is 0 Å². The van der Waals surface area contributed by atoms with Crippen LogP contribution in [0.2, 0.25) is 0 Å². The SMILES string of the molecule is COC1=CC=C(C(=O)O)C(=O)C1[NH+]=[N-]. The van der Waals surface area contributed by atoms with Gasteiger partial charge in [-0.3, -0.25) is 4.79 Å². The number of rotatable bonds is 3. The predicted octanol–water partition coefficient (Wildman–Crippen LogP) is -1.42. The zero-order valence-electron chi connectivity index (χ0n) is 7.35. The minimum absolute atomic E-state index is 0.169.